The second-order valence-electron chi connectivity index (χ2n) is 5.08. The molecule has 128 valence electrons. The number of aliphatic hydroxyl groups excluding tert-OH is 1. The highest BCUT2D eigenvalue weighted by atomic mass is 19.4. The summed E-state index contributed by atoms with van der Waals surface area (Å²) in [6, 6.07) is -1.17. The van der Waals surface area contributed by atoms with Crippen LogP contribution in [0.3, 0.4) is 0 Å². The molecule has 0 spiro atoms. The number of carboxylic acid groups (broad SMARTS) is 1. The number of hydrogen-bond acceptors (Lipinski definition) is 7. The predicted molar refractivity (Wildman–Crippen MR) is 69.1 cm³/mol. The molecule has 1 aliphatic rings. The smallest absolute Gasteiger partial charge is 0.449 e. The van der Waals surface area contributed by atoms with Crippen molar-refractivity contribution in [2.75, 3.05) is 0 Å². The molecule has 2 rings (SSSR count). The van der Waals surface area contributed by atoms with Gasteiger partial charge in [-0.25, -0.2) is 4.79 Å². The topological polar surface area (TPSA) is 131 Å². The Kier molecular flexibility index (Phi) is 4.78. The molecule has 23 heavy (non-hydrogen) atoms. The lowest BCUT2D eigenvalue weighted by Gasteiger charge is -2.22. The van der Waals surface area contributed by atoms with Gasteiger partial charge >= 0.3 is 12.3 Å². The average molecular weight is 337 g/mol. The van der Waals surface area contributed by atoms with E-state index in [4.69, 9.17) is 15.3 Å². The Morgan fingerprint density at radius 2 is 2.26 bits per heavy atom. The number of amidine groups is 1. The fraction of sp³-hybridized carbons (Fsp3) is 0.583. The number of carbonyl (C=O) groups is 1. The third-order valence-corrected chi connectivity index (χ3v) is 3.29. The number of oxazole rings is 1. The molecule has 1 aromatic heterocycles. The molecule has 1 unspecified atom stereocenters. The third kappa shape index (κ3) is 4.58. The van der Waals surface area contributed by atoms with Gasteiger partial charge in [-0.15, -0.1) is 0 Å². The molecular weight excluding hydrogens is 323 g/mol. The number of alkyl halides is 3. The molecule has 8 nitrogen and oxygen atoms in total. The van der Waals surface area contributed by atoms with Crippen LogP contribution in [0.25, 0.3) is 0 Å². The second-order valence-corrected chi connectivity index (χ2v) is 5.08. The normalized spacial score (nSPS) is 22.7. The Bertz CT molecular complexity index is 601. The summed E-state index contributed by atoms with van der Waals surface area (Å²) in [4.78, 5) is 17.7. The lowest BCUT2D eigenvalue weighted by atomic mass is 9.93. The Labute approximate surface area is 127 Å². The zero-order valence-electron chi connectivity index (χ0n) is 11.7. The first kappa shape index (κ1) is 17.1. The molecule has 0 amide bonds. The highest BCUT2D eigenvalue weighted by Crippen LogP contribution is 2.38. The standard InChI is InChI=1S/C12H14F3N3O5/c13-12(14,15)6-3-8(16)17-7(6)1-5(19)2-9-18-10(4-22-9)23-11(20)21/h4-7,19H,1-3H2,(H2,16,17)(H,20,21)/t5?,6-,7+/m0/s1. The van der Waals surface area contributed by atoms with Gasteiger partial charge in [-0.05, 0) is 6.42 Å². The second kappa shape index (κ2) is 6.44. The largest absolute Gasteiger partial charge is 0.512 e. The van der Waals surface area contributed by atoms with Gasteiger partial charge in [0.05, 0.1) is 30.3 Å². The van der Waals surface area contributed by atoms with Gasteiger partial charge in [-0.2, -0.15) is 18.2 Å². The Hall–Kier alpha value is -2.30. The van der Waals surface area contributed by atoms with Crippen molar-refractivity contribution in [3.05, 3.63) is 12.2 Å². The predicted octanol–water partition coefficient (Wildman–Crippen LogP) is 1.33. The number of halogens is 3. The third-order valence-electron chi connectivity index (χ3n) is 3.29. The number of aliphatic hydroxyl groups is 1. The number of ether oxygens (including phenoxy) is 1. The van der Waals surface area contributed by atoms with Gasteiger partial charge in [0.2, 0.25) is 0 Å². The van der Waals surface area contributed by atoms with E-state index < -0.39 is 36.8 Å². The van der Waals surface area contributed by atoms with Gasteiger partial charge in [-0.1, -0.05) is 0 Å². The Morgan fingerprint density at radius 3 is 2.87 bits per heavy atom. The highest BCUT2D eigenvalue weighted by Gasteiger charge is 2.48. The summed E-state index contributed by atoms with van der Waals surface area (Å²) in [5.74, 6) is -2.21. The number of hydrogen-bond donors (Lipinski definition) is 3. The van der Waals surface area contributed by atoms with Gasteiger partial charge in [0.1, 0.15) is 0 Å². The maximum absolute atomic E-state index is 12.9. The van der Waals surface area contributed by atoms with Gasteiger partial charge < -0.3 is 25.1 Å². The summed E-state index contributed by atoms with van der Waals surface area (Å²) in [7, 11) is 0. The van der Waals surface area contributed by atoms with E-state index in [0.717, 1.165) is 6.26 Å². The number of nitrogens with zero attached hydrogens (tertiary/aromatic N) is 2. The van der Waals surface area contributed by atoms with Crippen LogP contribution in [0.15, 0.2) is 15.7 Å². The molecule has 3 atom stereocenters. The molecule has 0 radical (unpaired) electrons. The van der Waals surface area contributed by atoms with Crippen molar-refractivity contribution in [1.82, 2.24) is 4.98 Å². The van der Waals surface area contributed by atoms with E-state index in [0.29, 0.717) is 0 Å². The molecule has 11 heteroatoms. The monoisotopic (exact) mass is 337 g/mol. The van der Waals surface area contributed by atoms with Gasteiger partial charge in [0, 0.05) is 6.42 Å². The maximum atomic E-state index is 12.9. The van der Waals surface area contributed by atoms with Gasteiger partial charge in [-0.3, -0.25) is 4.99 Å². The summed E-state index contributed by atoms with van der Waals surface area (Å²) in [5.41, 5.74) is 5.36. The summed E-state index contributed by atoms with van der Waals surface area (Å²) >= 11 is 0. The van der Waals surface area contributed by atoms with E-state index >= 15 is 0 Å². The van der Waals surface area contributed by atoms with E-state index in [1.807, 2.05) is 0 Å². The van der Waals surface area contributed by atoms with Crippen molar-refractivity contribution >= 4 is 12.0 Å². The molecule has 1 aromatic rings. The fourth-order valence-corrected chi connectivity index (χ4v) is 2.36. The minimum Gasteiger partial charge on any atom is -0.449 e. The summed E-state index contributed by atoms with van der Waals surface area (Å²) in [6.45, 7) is 0. The Morgan fingerprint density at radius 1 is 1.57 bits per heavy atom. The highest BCUT2D eigenvalue weighted by molar-refractivity contribution is 5.82. The van der Waals surface area contributed by atoms with Crippen LogP contribution in [0.4, 0.5) is 18.0 Å². The molecule has 1 aliphatic heterocycles. The first-order valence-electron chi connectivity index (χ1n) is 6.57. The number of aliphatic imine (C=N–C) groups is 1. The van der Waals surface area contributed by atoms with Crippen LogP contribution in [-0.2, 0) is 6.42 Å². The van der Waals surface area contributed by atoms with E-state index in [1.54, 1.807) is 0 Å². The van der Waals surface area contributed by atoms with Gasteiger partial charge in [0.15, 0.2) is 12.2 Å². The maximum Gasteiger partial charge on any atom is 0.512 e. The van der Waals surface area contributed by atoms with Crippen LogP contribution in [0.1, 0.15) is 18.7 Å². The zero-order valence-corrected chi connectivity index (χ0v) is 11.7. The quantitative estimate of drug-likeness (QED) is 0.691. The minimum absolute atomic E-state index is 0.0627. The molecule has 0 aliphatic carbocycles. The van der Waals surface area contributed by atoms with Crippen molar-refractivity contribution in [3.8, 4) is 5.88 Å². The molecule has 0 saturated heterocycles. The Balaban J connectivity index is 1.94. The average Bonchev–Trinajstić information content (AvgIpc) is 2.95. The van der Waals surface area contributed by atoms with Crippen molar-refractivity contribution in [1.29, 1.82) is 0 Å². The van der Waals surface area contributed by atoms with E-state index in [2.05, 4.69) is 14.7 Å². The number of aromatic nitrogens is 1. The first-order valence-corrected chi connectivity index (χ1v) is 6.57. The van der Waals surface area contributed by atoms with Crippen LogP contribution in [0.2, 0.25) is 0 Å². The molecule has 0 bridgehead atoms. The first-order chi connectivity index (χ1) is 10.6. The minimum atomic E-state index is -4.46. The van der Waals surface area contributed by atoms with Crippen LogP contribution in [-0.4, -0.2) is 45.5 Å². The summed E-state index contributed by atoms with van der Waals surface area (Å²) in [6.07, 6.45) is -7.22. The number of nitrogens with two attached hydrogens (primary N) is 1. The summed E-state index contributed by atoms with van der Waals surface area (Å²) < 4.78 is 47.7. The lowest BCUT2D eigenvalue weighted by Crippen LogP contribution is -2.33. The molecule has 0 saturated carbocycles. The van der Waals surface area contributed by atoms with E-state index in [1.165, 1.54) is 0 Å². The van der Waals surface area contributed by atoms with E-state index in [9.17, 15) is 23.1 Å². The van der Waals surface area contributed by atoms with Crippen molar-refractivity contribution in [2.24, 2.45) is 16.6 Å². The van der Waals surface area contributed by atoms with Gasteiger partial charge in [0.25, 0.3) is 5.88 Å². The molecule has 4 N–H and O–H groups in total. The van der Waals surface area contributed by atoms with Crippen LogP contribution >= 0.6 is 0 Å². The summed E-state index contributed by atoms with van der Waals surface area (Å²) in [5, 5.41) is 18.3. The molecule has 2 heterocycles. The fourth-order valence-electron chi connectivity index (χ4n) is 2.36. The van der Waals surface area contributed by atoms with Crippen molar-refractivity contribution in [3.63, 3.8) is 0 Å². The molecular formula is C12H14F3N3O5. The van der Waals surface area contributed by atoms with E-state index in [-0.39, 0.29) is 30.4 Å². The van der Waals surface area contributed by atoms with Crippen LogP contribution in [0, 0.1) is 5.92 Å². The zero-order chi connectivity index (χ0) is 17.2. The SMILES string of the molecule is NC1=N[C@H](CC(O)Cc2nc(OC(=O)O)co2)[C@@H](C(F)(F)F)C1. The van der Waals surface area contributed by atoms with Crippen molar-refractivity contribution in [2.45, 2.75) is 37.6 Å². The van der Waals surface area contributed by atoms with Crippen LogP contribution in [0.5, 0.6) is 5.88 Å². The van der Waals surface area contributed by atoms with Crippen LogP contribution < -0.4 is 10.5 Å². The molecule has 0 fully saturated rings. The molecule has 0 aromatic carbocycles. The van der Waals surface area contributed by atoms with Crippen molar-refractivity contribution < 1.29 is 37.3 Å². The number of rotatable bonds is 5. The lowest BCUT2D eigenvalue weighted by molar-refractivity contribution is -0.177.